The maximum Gasteiger partial charge on any atom is 0.118 e. The van der Waals surface area contributed by atoms with Crippen molar-refractivity contribution in [1.29, 1.82) is 0 Å². The lowest BCUT2D eigenvalue weighted by atomic mass is 9.97. The third-order valence-corrected chi connectivity index (χ3v) is 2.54. The normalized spacial score (nSPS) is 15.1. The molecular weight excluding hydrogens is 176 g/mol. The molecule has 0 aliphatic heterocycles. The van der Waals surface area contributed by atoms with Crippen LogP contribution >= 0.6 is 0 Å². The smallest absolute Gasteiger partial charge is 0.118 e. The third-order valence-electron chi connectivity index (χ3n) is 2.54. The predicted molar refractivity (Wildman–Crippen MR) is 58.0 cm³/mol. The molecule has 0 heterocycles. The van der Waals surface area contributed by atoms with Gasteiger partial charge < -0.3 is 16.6 Å². The van der Waals surface area contributed by atoms with Crippen molar-refractivity contribution in [1.82, 2.24) is 0 Å². The molecule has 1 aromatic carbocycles. The number of phenolic OH excluding ortho intramolecular Hbond substituents is 1. The quantitative estimate of drug-likeness (QED) is 0.681. The molecule has 0 aliphatic rings. The Labute approximate surface area is 84.7 Å². The highest BCUT2D eigenvalue weighted by Crippen LogP contribution is 2.22. The van der Waals surface area contributed by atoms with Crippen LogP contribution in [0.1, 0.15) is 30.5 Å². The summed E-state index contributed by atoms with van der Waals surface area (Å²) in [6, 6.07) is 5.18. The molecule has 0 bridgehead atoms. The van der Waals surface area contributed by atoms with Gasteiger partial charge in [-0.2, -0.15) is 0 Å². The van der Waals surface area contributed by atoms with E-state index in [0.717, 1.165) is 17.5 Å². The first-order valence-corrected chi connectivity index (χ1v) is 4.87. The van der Waals surface area contributed by atoms with Gasteiger partial charge in [0.15, 0.2) is 0 Å². The molecule has 0 aliphatic carbocycles. The van der Waals surface area contributed by atoms with Gasteiger partial charge in [0, 0.05) is 12.1 Å². The summed E-state index contributed by atoms with van der Waals surface area (Å²) in [7, 11) is 0. The molecule has 0 fully saturated rings. The minimum Gasteiger partial charge on any atom is -0.508 e. The highest BCUT2D eigenvalue weighted by atomic mass is 16.3. The predicted octanol–water partition coefficient (Wildman–Crippen LogP) is 1.44. The standard InChI is InChI=1S/C11H18N2O/c1-3-9(12)11(13)8-4-5-10(14)7(2)6-8/h4-6,9,11,14H,3,12-13H2,1-2H3/t9-,11-/m0/s1. The van der Waals surface area contributed by atoms with Crippen LogP contribution in [0.5, 0.6) is 5.75 Å². The summed E-state index contributed by atoms with van der Waals surface area (Å²) in [5, 5.41) is 9.35. The fraction of sp³-hybridized carbons (Fsp3) is 0.455. The zero-order valence-corrected chi connectivity index (χ0v) is 8.70. The van der Waals surface area contributed by atoms with E-state index in [4.69, 9.17) is 11.5 Å². The lowest BCUT2D eigenvalue weighted by Crippen LogP contribution is -2.33. The van der Waals surface area contributed by atoms with Crippen LogP contribution in [0, 0.1) is 6.92 Å². The molecule has 1 aromatic rings. The first kappa shape index (κ1) is 11.0. The molecule has 0 unspecified atom stereocenters. The summed E-state index contributed by atoms with van der Waals surface area (Å²) < 4.78 is 0. The molecule has 3 nitrogen and oxygen atoms in total. The van der Waals surface area contributed by atoms with Gasteiger partial charge in [0.05, 0.1) is 0 Å². The molecule has 5 N–H and O–H groups in total. The average molecular weight is 194 g/mol. The van der Waals surface area contributed by atoms with Gasteiger partial charge in [-0.05, 0) is 30.5 Å². The lowest BCUT2D eigenvalue weighted by molar-refractivity contribution is 0.469. The summed E-state index contributed by atoms with van der Waals surface area (Å²) in [4.78, 5) is 0. The van der Waals surface area contributed by atoms with Crippen molar-refractivity contribution < 1.29 is 5.11 Å². The van der Waals surface area contributed by atoms with Gasteiger partial charge in [0.2, 0.25) is 0 Å². The highest BCUT2D eigenvalue weighted by molar-refractivity contribution is 5.36. The van der Waals surface area contributed by atoms with Gasteiger partial charge in [-0.15, -0.1) is 0 Å². The first-order chi connectivity index (χ1) is 6.56. The summed E-state index contributed by atoms with van der Waals surface area (Å²) in [5.74, 6) is 0.297. The largest absolute Gasteiger partial charge is 0.508 e. The van der Waals surface area contributed by atoms with E-state index in [1.54, 1.807) is 6.07 Å². The van der Waals surface area contributed by atoms with Crippen LogP contribution in [0.2, 0.25) is 0 Å². The number of aryl methyl sites for hydroxylation is 1. The van der Waals surface area contributed by atoms with Gasteiger partial charge in [-0.25, -0.2) is 0 Å². The van der Waals surface area contributed by atoms with E-state index in [0.29, 0.717) is 5.75 Å². The zero-order chi connectivity index (χ0) is 10.7. The fourth-order valence-electron chi connectivity index (χ4n) is 1.39. The van der Waals surface area contributed by atoms with E-state index in [-0.39, 0.29) is 12.1 Å². The second kappa shape index (κ2) is 4.44. The van der Waals surface area contributed by atoms with Crippen molar-refractivity contribution in [3.05, 3.63) is 29.3 Å². The Morgan fingerprint density at radius 2 is 2.00 bits per heavy atom. The van der Waals surface area contributed by atoms with E-state index in [1.165, 1.54) is 0 Å². The zero-order valence-electron chi connectivity index (χ0n) is 8.70. The van der Waals surface area contributed by atoms with E-state index in [9.17, 15) is 5.11 Å². The van der Waals surface area contributed by atoms with E-state index < -0.39 is 0 Å². The molecule has 0 aromatic heterocycles. The highest BCUT2D eigenvalue weighted by Gasteiger charge is 2.13. The van der Waals surface area contributed by atoms with Crippen molar-refractivity contribution in [3.63, 3.8) is 0 Å². The fourth-order valence-corrected chi connectivity index (χ4v) is 1.39. The summed E-state index contributed by atoms with van der Waals surface area (Å²) in [6.07, 6.45) is 0.848. The summed E-state index contributed by atoms with van der Waals surface area (Å²) in [6.45, 7) is 3.86. The molecule has 0 amide bonds. The minimum absolute atomic E-state index is 0.0288. The van der Waals surface area contributed by atoms with Crippen molar-refractivity contribution in [2.24, 2.45) is 11.5 Å². The molecular formula is C11H18N2O. The molecule has 1 rings (SSSR count). The van der Waals surface area contributed by atoms with Crippen LogP contribution < -0.4 is 11.5 Å². The van der Waals surface area contributed by atoms with Gasteiger partial charge in [0.1, 0.15) is 5.75 Å². The Balaban J connectivity index is 2.91. The van der Waals surface area contributed by atoms with E-state index in [2.05, 4.69) is 0 Å². The van der Waals surface area contributed by atoms with E-state index in [1.807, 2.05) is 26.0 Å². The Morgan fingerprint density at radius 3 is 2.50 bits per heavy atom. The molecule has 78 valence electrons. The Bertz CT molecular complexity index is 312. The van der Waals surface area contributed by atoms with E-state index >= 15 is 0 Å². The number of rotatable bonds is 3. The van der Waals surface area contributed by atoms with Crippen LogP contribution in [-0.2, 0) is 0 Å². The lowest BCUT2D eigenvalue weighted by Gasteiger charge is -2.19. The number of nitrogens with two attached hydrogens (primary N) is 2. The van der Waals surface area contributed by atoms with Crippen LogP contribution in [0.25, 0.3) is 0 Å². The number of benzene rings is 1. The maximum atomic E-state index is 9.35. The third kappa shape index (κ3) is 2.25. The first-order valence-electron chi connectivity index (χ1n) is 4.87. The topological polar surface area (TPSA) is 72.3 Å². The number of hydrogen-bond acceptors (Lipinski definition) is 3. The van der Waals surface area contributed by atoms with Crippen molar-refractivity contribution >= 4 is 0 Å². The van der Waals surface area contributed by atoms with Crippen LogP contribution in [0.15, 0.2) is 18.2 Å². The average Bonchev–Trinajstić information content (AvgIpc) is 2.20. The maximum absolute atomic E-state index is 9.35. The second-order valence-electron chi connectivity index (χ2n) is 3.64. The summed E-state index contributed by atoms with van der Waals surface area (Å²) >= 11 is 0. The Hall–Kier alpha value is -1.06. The van der Waals surface area contributed by atoms with Gasteiger partial charge in [-0.1, -0.05) is 19.1 Å². The van der Waals surface area contributed by atoms with Gasteiger partial charge >= 0.3 is 0 Å². The second-order valence-corrected chi connectivity index (χ2v) is 3.64. The monoisotopic (exact) mass is 194 g/mol. The molecule has 0 saturated heterocycles. The van der Waals surface area contributed by atoms with Crippen LogP contribution in [0.4, 0.5) is 0 Å². The van der Waals surface area contributed by atoms with Gasteiger partial charge in [-0.3, -0.25) is 0 Å². The molecule has 3 heteroatoms. The van der Waals surface area contributed by atoms with Crippen LogP contribution in [0.3, 0.4) is 0 Å². The van der Waals surface area contributed by atoms with Crippen LogP contribution in [-0.4, -0.2) is 11.1 Å². The summed E-state index contributed by atoms with van der Waals surface area (Å²) in [5.41, 5.74) is 13.6. The SMILES string of the molecule is CC[C@H](N)[C@@H](N)c1ccc(O)c(C)c1. The minimum atomic E-state index is -0.153. The van der Waals surface area contributed by atoms with Crippen molar-refractivity contribution in [2.45, 2.75) is 32.4 Å². The molecule has 0 spiro atoms. The molecule has 0 radical (unpaired) electrons. The molecule has 0 saturated carbocycles. The molecule has 2 atom stereocenters. The van der Waals surface area contributed by atoms with Crippen molar-refractivity contribution in [3.8, 4) is 5.75 Å². The number of aromatic hydroxyl groups is 1. The Kier molecular flexibility index (Phi) is 3.49. The van der Waals surface area contributed by atoms with Crippen molar-refractivity contribution in [2.75, 3.05) is 0 Å². The Morgan fingerprint density at radius 1 is 1.36 bits per heavy atom. The van der Waals surface area contributed by atoms with Gasteiger partial charge in [0.25, 0.3) is 0 Å². The molecule has 14 heavy (non-hydrogen) atoms. The number of phenols is 1. The number of hydrogen-bond donors (Lipinski definition) is 3.